The van der Waals surface area contributed by atoms with Gasteiger partial charge in [0.2, 0.25) is 0 Å². The zero-order chi connectivity index (χ0) is 13.8. The normalized spacial score (nSPS) is 10.4. The van der Waals surface area contributed by atoms with E-state index in [1.54, 1.807) is 12.1 Å². The first kappa shape index (κ1) is 13.8. The van der Waals surface area contributed by atoms with E-state index in [0.29, 0.717) is 27.8 Å². The lowest BCUT2D eigenvalue weighted by Gasteiger charge is -2.02. The van der Waals surface area contributed by atoms with Crippen LogP contribution in [-0.4, -0.2) is 16.8 Å². The van der Waals surface area contributed by atoms with Gasteiger partial charge in [-0.15, -0.1) is 0 Å². The molecule has 1 amide bonds. The summed E-state index contributed by atoms with van der Waals surface area (Å²) in [6, 6.07) is 7.25. The number of rotatable bonds is 4. The maximum absolute atomic E-state index is 11.9. The smallest absolute Gasteiger partial charge is 0.265 e. The number of nitrogens with two attached hydrogens (primary N) is 1. The summed E-state index contributed by atoms with van der Waals surface area (Å²) in [6.45, 7) is 2.62. The number of amides is 1. The molecular formula is C13H14ClN3OS. The highest BCUT2D eigenvalue weighted by molar-refractivity contribution is 7.09. The largest absolute Gasteiger partial charge is 0.396 e. The van der Waals surface area contributed by atoms with Gasteiger partial charge < -0.3 is 11.1 Å². The third kappa shape index (κ3) is 3.05. The highest BCUT2D eigenvalue weighted by Crippen LogP contribution is 2.31. The van der Waals surface area contributed by atoms with Crippen molar-refractivity contribution in [2.24, 2.45) is 0 Å². The Morgan fingerprint density at radius 2 is 2.32 bits per heavy atom. The van der Waals surface area contributed by atoms with Crippen LogP contribution in [-0.2, 0) is 0 Å². The molecule has 0 fully saturated rings. The fourth-order valence-corrected chi connectivity index (χ4v) is 2.55. The maximum Gasteiger partial charge on any atom is 0.265 e. The average molecular weight is 296 g/mol. The molecule has 1 aromatic heterocycles. The van der Waals surface area contributed by atoms with Crippen LogP contribution in [0, 0.1) is 0 Å². The van der Waals surface area contributed by atoms with Crippen molar-refractivity contribution in [3.63, 3.8) is 0 Å². The van der Waals surface area contributed by atoms with E-state index in [4.69, 9.17) is 17.3 Å². The number of benzene rings is 1. The van der Waals surface area contributed by atoms with Gasteiger partial charge in [0.25, 0.3) is 5.91 Å². The van der Waals surface area contributed by atoms with Gasteiger partial charge in [0, 0.05) is 17.1 Å². The van der Waals surface area contributed by atoms with Crippen LogP contribution < -0.4 is 11.1 Å². The number of nitrogens with one attached hydrogen (secondary N) is 1. The number of nitrogen functional groups attached to an aromatic ring is 1. The fourth-order valence-electron chi connectivity index (χ4n) is 1.62. The molecule has 2 aromatic rings. The molecular weight excluding hydrogens is 282 g/mol. The summed E-state index contributed by atoms with van der Waals surface area (Å²) < 4.78 is 4.25. The van der Waals surface area contributed by atoms with E-state index >= 15 is 0 Å². The van der Waals surface area contributed by atoms with Crippen LogP contribution >= 0.6 is 23.1 Å². The van der Waals surface area contributed by atoms with E-state index in [-0.39, 0.29) is 5.91 Å². The molecule has 100 valence electrons. The number of nitrogens with zero attached hydrogens (tertiary/aromatic N) is 1. The number of carbonyl (C=O) groups excluding carboxylic acids is 1. The summed E-state index contributed by atoms with van der Waals surface area (Å²) in [6.07, 6.45) is 0.881. The Labute approximate surface area is 120 Å². The van der Waals surface area contributed by atoms with Crippen LogP contribution in [0.5, 0.6) is 0 Å². The van der Waals surface area contributed by atoms with Crippen molar-refractivity contribution in [3.8, 4) is 11.3 Å². The van der Waals surface area contributed by atoms with Crippen LogP contribution in [0.4, 0.5) is 5.69 Å². The molecule has 0 radical (unpaired) electrons. The Morgan fingerprint density at radius 3 is 3.00 bits per heavy atom. The third-order valence-corrected chi connectivity index (χ3v) is 3.66. The molecule has 1 aromatic carbocycles. The molecule has 0 unspecified atom stereocenters. The van der Waals surface area contributed by atoms with Crippen LogP contribution in [0.15, 0.2) is 24.3 Å². The van der Waals surface area contributed by atoms with Crippen LogP contribution in [0.2, 0.25) is 5.02 Å². The standard InChI is InChI=1S/C13H14ClN3OS/c1-2-6-16-13(18)12-10(15)11(17-19-12)8-4-3-5-9(14)7-8/h3-5,7H,2,6,15H2,1H3,(H,16,18). The van der Waals surface area contributed by atoms with Gasteiger partial charge in [0.1, 0.15) is 10.6 Å². The molecule has 6 heteroatoms. The monoisotopic (exact) mass is 295 g/mol. The van der Waals surface area contributed by atoms with Crippen LogP contribution in [0.3, 0.4) is 0 Å². The van der Waals surface area contributed by atoms with Gasteiger partial charge >= 0.3 is 0 Å². The second-order valence-corrected chi connectivity index (χ2v) is 5.25. The summed E-state index contributed by atoms with van der Waals surface area (Å²) in [5.41, 5.74) is 7.83. The van der Waals surface area contributed by atoms with E-state index in [0.717, 1.165) is 23.5 Å². The van der Waals surface area contributed by atoms with E-state index in [2.05, 4.69) is 9.69 Å². The third-order valence-electron chi connectivity index (χ3n) is 2.57. The molecule has 0 aliphatic carbocycles. The lowest BCUT2D eigenvalue weighted by molar-refractivity contribution is 0.0958. The molecule has 3 N–H and O–H groups in total. The lowest BCUT2D eigenvalue weighted by atomic mass is 10.1. The topological polar surface area (TPSA) is 68.0 Å². The zero-order valence-corrected chi connectivity index (χ0v) is 12.0. The molecule has 1 heterocycles. The highest BCUT2D eigenvalue weighted by atomic mass is 35.5. The van der Waals surface area contributed by atoms with Gasteiger partial charge in [-0.3, -0.25) is 4.79 Å². The van der Waals surface area contributed by atoms with Gasteiger partial charge in [-0.1, -0.05) is 30.7 Å². The molecule has 0 saturated carbocycles. The first-order valence-electron chi connectivity index (χ1n) is 5.92. The Kier molecular flexibility index (Phi) is 4.39. The van der Waals surface area contributed by atoms with Gasteiger partial charge in [-0.2, -0.15) is 4.37 Å². The summed E-state index contributed by atoms with van der Waals surface area (Å²) in [7, 11) is 0. The van der Waals surface area contributed by atoms with Crippen molar-refractivity contribution >= 4 is 34.7 Å². The number of anilines is 1. The van der Waals surface area contributed by atoms with Crippen molar-refractivity contribution in [1.82, 2.24) is 9.69 Å². The van der Waals surface area contributed by atoms with Crippen molar-refractivity contribution in [2.75, 3.05) is 12.3 Å². The molecule has 0 bridgehead atoms. The minimum absolute atomic E-state index is 0.176. The van der Waals surface area contributed by atoms with Crippen molar-refractivity contribution in [3.05, 3.63) is 34.2 Å². The fraction of sp³-hybridized carbons (Fsp3) is 0.231. The summed E-state index contributed by atoms with van der Waals surface area (Å²) in [5, 5.41) is 3.40. The highest BCUT2D eigenvalue weighted by Gasteiger charge is 2.18. The second-order valence-electron chi connectivity index (χ2n) is 4.04. The summed E-state index contributed by atoms with van der Waals surface area (Å²) in [4.78, 5) is 12.3. The van der Waals surface area contributed by atoms with Crippen molar-refractivity contribution in [2.45, 2.75) is 13.3 Å². The minimum Gasteiger partial charge on any atom is -0.396 e. The molecule has 0 spiro atoms. The minimum atomic E-state index is -0.176. The predicted octanol–water partition coefficient (Wildman–Crippen LogP) is 3.19. The summed E-state index contributed by atoms with van der Waals surface area (Å²) in [5.74, 6) is -0.176. The Balaban J connectivity index is 2.30. The average Bonchev–Trinajstić information content (AvgIpc) is 2.78. The number of halogens is 1. The van der Waals surface area contributed by atoms with Gasteiger partial charge in [-0.05, 0) is 30.1 Å². The van der Waals surface area contributed by atoms with E-state index in [1.807, 2.05) is 19.1 Å². The van der Waals surface area contributed by atoms with E-state index in [1.165, 1.54) is 0 Å². The van der Waals surface area contributed by atoms with Crippen molar-refractivity contribution < 1.29 is 4.79 Å². The van der Waals surface area contributed by atoms with E-state index < -0.39 is 0 Å². The number of hydrogen-bond acceptors (Lipinski definition) is 4. The zero-order valence-electron chi connectivity index (χ0n) is 10.4. The first-order chi connectivity index (χ1) is 9.13. The molecule has 0 aliphatic heterocycles. The van der Waals surface area contributed by atoms with Crippen molar-refractivity contribution in [1.29, 1.82) is 0 Å². The molecule has 19 heavy (non-hydrogen) atoms. The maximum atomic E-state index is 11.9. The van der Waals surface area contributed by atoms with Gasteiger partial charge in [0.15, 0.2) is 0 Å². The second kappa shape index (κ2) is 6.04. The molecule has 0 atom stereocenters. The van der Waals surface area contributed by atoms with Crippen LogP contribution in [0.1, 0.15) is 23.0 Å². The molecule has 4 nitrogen and oxygen atoms in total. The van der Waals surface area contributed by atoms with E-state index in [9.17, 15) is 4.79 Å². The first-order valence-corrected chi connectivity index (χ1v) is 7.08. The Bertz CT molecular complexity index is 597. The van der Waals surface area contributed by atoms with Gasteiger partial charge in [-0.25, -0.2) is 0 Å². The SMILES string of the molecule is CCCNC(=O)c1snc(-c2cccc(Cl)c2)c1N. The molecule has 0 saturated heterocycles. The van der Waals surface area contributed by atoms with Gasteiger partial charge in [0.05, 0.1) is 5.69 Å². The Hall–Kier alpha value is -1.59. The Morgan fingerprint density at radius 1 is 1.53 bits per heavy atom. The molecule has 0 aliphatic rings. The quantitative estimate of drug-likeness (QED) is 0.910. The lowest BCUT2D eigenvalue weighted by Crippen LogP contribution is -2.23. The number of hydrogen-bond donors (Lipinski definition) is 2. The summed E-state index contributed by atoms with van der Waals surface area (Å²) >= 11 is 7.05. The predicted molar refractivity (Wildman–Crippen MR) is 79.6 cm³/mol. The van der Waals surface area contributed by atoms with Crippen LogP contribution in [0.25, 0.3) is 11.3 Å². The number of aromatic nitrogens is 1. The molecule has 2 rings (SSSR count). The number of carbonyl (C=O) groups is 1.